The van der Waals surface area contributed by atoms with Gasteiger partial charge in [-0.1, -0.05) is 25.8 Å². The van der Waals surface area contributed by atoms with Gasteiger partial charge in [-0.25, -0.2) is 14.6 Å². The molecule has 1 aliphatic rings. The number of nitrogens with one attached hydrogen (secondary N) is 1. The molecule has 4 aromatic rings. The minimum absolute atomic E-state index is 0.0752. The van der Waals surface area contributed by atoms with E-state index < -0.39 is 0 Å². The normalized spacial score (nSPS) is 19.1. The van der Waals surface area contributed by atoms with Crippen LogP contribution < -0.4 is 5.32 Å². The maximum Gasteiger partial charge on any atom is 0.270 e. The molecule has 1 amide bonds. The van der Waals surface area contributed by atoms with Crippen molar-refractivity contribution in [2.24, 2.45) is 5.92 Å². The van der Waals surface area contributed by atoms with Crippen molar-refractivity contribution in [3.63, 3.8) is 0 Å². The fraction of sp³-hybridized carbons (Fsp3) is 0.304. The maximum absolute atomic E-state index is 13.1. The summed E-state index contributed by atoms with van der Waals surface area (Å²) in [5.74, 6) is 1.24. The second-order valence-corrected chi connectivity index (χ2v) is 8.00. The molecule has 0 spiro atoms. The van der Waals surface area contributed by atoms with Crippen LogP contribution in [0.1, 0.15) is 43.1 Å². The van der Waals surface area contributed by atoms with Crippen LogP contribution in [0.3, 0.4) is 0 Å². The molecule has 5 rings (SSSR count). The monoisotopic (exact) mass is 400 g/mol. The highest BCUT2D eigenvalue weighted by atomic mass is 16.2. The van der Waals surface area contributed by atoms with Crippen LogP contribution in [-0.2, 0) is 0 Å². The minimum atomic E-state index is -0.0752. The Morgan fingerprint density at radius 2 is 1.83 bits per heavy atom. The summed E-state index contributed by atoms with van der Waals surface area (Å²) in [5, 5.41) is 7.69. The van der Waals surface area contributed by atoms with Crippen molar-refractivity contribution in [1.82, 2.24) is 29.5 Å². The molecule has 4 aromatic heterocycles. The van der Waals surface area contributed by atoms with E-state index in [1.165, 1.54) is 25.6 Å². The predicted octanol–water partition coefficient (Wildman–Crippen LogP) is 3.89. The van der Waals surface area contributed by atoms with Crippen LogP contribution >= 0.6 is 0 Å². The Morgan fingerprint density at radius 1 is 1.03 bits per heavy atom. The number of amides is 1. The molecule has 152 valence electrons. The van der Waals surface area contributed by atoms with Gasteiger partial charge in [0.05, 0.1) is 6.20 Å². The molecule has 1 aliphatic carbocycles. The van der Waals surface area contributed by atoms with Gasteiger partial charge in [-0.15, -0.1) is 0 Å². The van der Waals surface area contributed by atoms with Crippen molar-refractivity contribution in [2.45, 2.75) is 38.6 Å². The molecule has 4 heterocycles. The van der Waals surface area contributed by atoms with Crippen molar-refractivity contribution in [2.75, 3.05) is 0 Å². The number of pyridine rings is 1. The molecule has 1 N–H and O–H groups in total. The number of carbonyl (C=O) groups is 1. The number of hydrogen-bond donors (Lipinski definition) is 1. The molecule has 7 nitrogen and oxygen atoms in total. The number of fused-ring (bicyclic) bond motifs is 1. The van der Waals surface area contributed by atoms with Gasteiger partial charge in [-0.05, 0) is 43.0 Å². The summed E-state index contributed by atoms with van der Waals surface area (Å²) >= 11 is 0. The summed E-state index contributed by atoms with van der Waals surface area (Å²) in [6.45, 7) is 2.22. The first-order chi connectivity index (χ1) is 14.7. The summed E-state index contributed by atoms with van der Waals surface area (Å²) in [6.07, 6.45) is 13.4. The largest absolute Gasteiger partial charge is 0.348 e. The molecule has 7 heteroatoms. The highest BCUT2D eigenvalue weighted by molar-refractivity contribution is 5.93. The van der Waals surface area contributed by atoms with Crippen LogP contribution in [0.4, 0.5) is 0 Å². The fourth-order valence-corrected chi connectivity index (χ4v) is 4.31. The number of rotatable bonds is 4. The minimum Gasteiger partial charge on any atom is -0.348 e. The van der Waals surface area contributed by atoms with E-state index in [1.54, 1.807) is 29.3 Å². The van der Waals surface area contributed by atoms with Gasteiger partial charge in [0.1, 0.15) is 17.8 Å². The van der Waals surface area contributed by atoms with Crippen LogP contribution in [0, 0.1) is 5.92 Å². The lowest BCUT2D eigenvalue weighted by Gasteiger charge is -2.29. The number of aromatic nitrogens is 5. The van der Waals surface area contributed by atoms with Crippen molar-refractivity contribution in [3.05, 3.63) is 67.1 Å². The van der Waals surface area contributed by atoms with E-state index in [-0.39, 0.29) is 11.9 Å². The molecular formula is C23H24N6O. The van der Waals surface area contributed by atoms with Crippen LogP contribution in [0.5, 0.6) is 0 Å². The standard InChI is InChI=1S/C23H24N6O/c1-16-4-2-3-5-20(16)27-23(30)21-10-11-26-29(21)22-9-8-19-7-6-17(14-28(19)22)18-12-24-15-25-13-18/h6-16,20H,2-5H2,1H3,(H,27,30)/t16-,20+/m1/s1. The lowest BCUT2D eigenvalue weighted by molar-refractivity contribution is 0.0902. The number of hydrogen-bond acceptors (Lipinski definition) is 4. The fourth-order valence-electron chi connectivity index (χ4n) is 4.31. The number of nitrogens with zero attached hydrogens (tertiary/aromatic N) is 5. The van der Waals surface area contributed by atoms with E-state index in [0.29, 0.717) is 11.6 Å². The van der Waals surface area contributed by atoms with Gasteiger partial charge in [0, 0.05) is 41.3 Å². The molecule has 0 aromatic carbocycles. The Labute approximate surface area is 174 Å². The third kappa shape index (κ3) is 3.36. The molecule has 1 fully saturated rings. The average molecular weight is 400 g/mol. The Kier molecular flexibility index (Phi) is 4.78. The summed E-state index contributed by atoms with van der Waals surface area (Å²) < 4.78 is 3.75. The van der Waals surface area contributed by atoms with Crippen molar-refractivity contribution < 1.29 is 4.79 Å². The summed E-state index contributed by atoms with van der Waals surface area (Å²) in [4.78, 5) is 21.3. The highest BCUT2D eigenvalue weighted by Crippen LogP contribution is 2.25. The Bertz CT molecular complexity index is 1180. The van der Waals surface area contributed by atoms with Gasteiger partial charge in [0.25, 0.3) is 5.91 Å². The third-order valence-corrected chi connectivity index (χ3v) is 6.04. The molecule has 0 bridgehead atoms. The zero-order valence-electron chi connectivity index (χ0n) is 16.9. The van der Waals surface area contributed by atoms with Gasteiger partial charge >= 0.3 is 0 Å². The van der Waals surface area contributed by atoms with Gasteiger partial charge in [-0.2, -0.15) is 5.10 Å². The second kappa shape index (κ2) is 7.74. The van der Waals surface area contributed by atoms with Crippen molar-refractivity contribution in [3.8, 4) is 16.9 Å². The topological polar surface area (TPSA) is 77.1 Å². The van der Waals surface area contributed by atoms with Gasteiger partial charge in [0.15, 0.2) is 0 Å². The molecule has 2 atom stereocenters. The Balaban J connectivity index is 1.49. The van der Waals surface area contributed by atoms with Gasteiger partial charge in [-0.3, -0.25) is 4.79 Å². The van der Waals surface area contributed by atoms with Gasteiger partial charge < -0.3 is 9.72 Å². The molecule has 1 saturated carbocycles. The lowest BCUT2D eigenvalue weighted by Crippen LogP contribution is -2.41. The second-order valence-electron chi connectivity index (χ2n) is 8.00. The van der Waals surface area contributed by atoms with Crippen LogP contribution in [0.2, 0.25) is 0 Å². The molecule has 0 radical (unpaired) electrons. The third-order valence-electron chi connectivity index (χ3n) is 6.04. The maximum atomic E-state index is 13.1. The lowest BCUT2D eigenvalue weighted by atomic mass is 9.86. The zero-order chi connectivity index (χ0) is 20.5. The Morgan fingerprint density at radius 3 is 2.67 bits per heavy atom. The summed E-state index contributed by atoms with van der Waals surface area (Å²) in [5.41, 5.74) is 3.49. The van der Waals surface area contributed by atoms with E-state index in [9.17, 15) is 4.79 Å². The van der Waals surface area contributed by atoms with Crippen LogP contribution in [0.25, 0.3) is 22.5 Å². The van der Waals surface area contributed by atoms with E-state index in [1.807, 2.05) is 34.9 Å². The van der Waals surface area contributed by atoms with Crippen LogP contribution in [-0.4, -0.2) is 36.1 Å². The first-order valence-corrected chi connectivity index (χ1v) is 10.4. The highest BCUT2D eigenvalue weighted by Gasteiger charge is 2.25. The summed E-state index contributed by atoms with van der Waals surface area (Å²) in [7, 11) is 0. The molecule has 0 unspecified atom stereocenters. The van der Waals surface area contributed by atoms with E-state index >= 15 is 0 Å². The number of carbonyl (C=O) groups excluding carboxylic acids is 1. The predicted molar refractivity (Wildman–Crippen MR) is 114 cm³/mol. The van der Waals surface area contributed by atoms with Crippen molar-refractivity contribution in [1.29, 1.82) is 0 Å². The quantitative estimate of drug-likeness (QED) is 0.564. The zero-order valence-corrected chi connectivity index (χ0v) is 16.9. The summed E-state index contributed by atoms with van der Waals surface area (Å²) in [6, 6.07) is 10.1. The first kappa shape index (κ1) is 18.5. The first-order valence-electron chi connectivity index (χ1n) is 10.4. The molecule has 30 heavy (non-hydrogen) atoms. The smallest absolute Gasteiger partial charge is 0.270 e. The van der Waals surface area contributed by atoms with Crippen molar-refractivity contribution >= 4 is 11.4 Å². The molecule has 0 saturated heterocycles. The SMILES string of the molecule is C[C@@H]1CCCC[C@@H]1NC(=O)c1ccnn1-c1ccc2ccc(-c3cncnc3)cn12. The Hall–Kier alpha value is -3.48. The van der Waals surface area contributed by atoms with E-state index in [4.69, 9.17) is 0 Å². The van der Waals surface area contributed by atoms with E-state index in [2.05, 4.69) is 27.3 Å². The van der Waals surface area contributed by atoms with Gasteiger partial charge in [0.2, 0.25) is 0 Å². The van der Waals surface area contributed by atoms with Crippen LogP contribution in [0.15, 0.2) is 61.4 Å². The van der Waals surface area contributed by atoms with E-state index in [0.717, 1.165) is 28.9 Å². The molecule has 0 aliphatic heterocycles. The average Bonchev–Trinajstić information content (AvgIpc) is 3.42. The molecular weight excluding hydrogens is 376 g/mol.